The summed E-state index contributed by atoms with van der Waals surface area (Å²) in [6.07, 6.45) is 6.26. The Kier molecular flexibility index (Phi) is 5.85. The highest BCUT2D eigenvalue weighted by Gasteiger charge is 2.30. The van der Waals surface area contributed by atoms with E-state index in [2.05, 4.69) is 24.1 Å². The van der Waals surface area contributed by atoms with E-state index in [-0.39, 0.29) is 6.04 Å². The Morgan fingerprint density at radius 1 is 1.25 bits per heavy atom. The lowest BCUT2D eigenvalue weighted by Gasteiger charge is -2.39. The van der Waals surface area contributed by atoms with Crippen molar-refractivity contribution in [3.05, 3.63) is 0 Å². The average molecular weight is 281 g/mol. The first kappa shape index (κ1) is 15.8. The van der Waals surface area contributed by atoms with E-state index >= 15 is 0 Å². The van der Waals surface area contributed by atoms with E-state index in [0.717, 1.165) is 32.1 Å². The van der Waals surface area contributed by atoms with Crippen LogP contribution in [0.4, 0.5) is 0 Å². The standard InChI is InChI=1S/C16H31N3O/c1-4-14-5-7-15(8-6-14)18(3)16(20)13(2)19-11-9-17-10-12-19/h13-15,17H,4-12H2,1-3H3. The first-order valence-electron chi connectivity index (χ1n) is 8.35. The molecule has 2 aliphatic rings. The SMILES string of the molecule is CCC1CCC(N(C)C(=O)C(C)N2CCNCC2)CC1. The molecule has 1 N–H and O–H groups in total. The Bertz CT molecular complexity index is 307. The van der Waals surface area contributed by atoms with E-state index < -0.39 is 0 Å². The number of carbonyl (C=O) groups is 1. The van der Waals surface area contributed by atoms with Crippen LogP contribution in [-0.4, -0.2) is 61.0 Å². The van der Waals surface area contributed by atoms with Gasteiger partial charge in [0.25, 0.3) is 0 Å². The van der Waals surface area contributed by atoms with Crippen molar-refractivity contribution in [1.29, 1.82) is 0 Å². The van der Waals surface area contributed by atoms with Crippen LogP contribution in [-0.2, 0) is 4.79 Å². The molecule has 0 spiro atoms. The number of hydrogen-bond donors (Lipinski definition) is 1. The van der Waals surface area contributed by atoms with Crippen molar-refractivity contribution in [1.82, 2.24) is 15.1 Å². The van der Waals surface area contributed by atoms with Crippen LogP contribution in [0.25, 0.3) is 0 Å². The lowest BCUT2D eigenvalue weighted by molar-refractivity contribution is -0.138. The second-order valence-electron chi connectivity index (χ2n) is 6.49. The lowest BCUT2D eigenvalue weighted by atomic mass is 9.84. The topological polar surface area (TPSA) is 35.6 Å². The molecule has 1 amide bonds. The molecule has 0 bridgehead atoms. The van der Waals surface area contributed by atoms with Crippen LogP contribution >= 0.6 is 0 Å². The molecule has 0 aromatic heterocycles. The predicted molar refractivity (Wildman–Crippen MR) is 82.7 cm³/mol. The van der Waals surface area contributed by atoms with Crippen LogP contribution in [0.3, 0.4) is 0 Å². The van der Waals surface area contributed by atoms with E-state index in [4.69, 9.17) is 0 Å². The number of nitrogens with one attached hydrogen (secondary N) is 1. The van der Waals surface area contributed by atoms with E-state index in [1.54, 1.807) is 0 Å². The summed E-state index contributed by atoms with van der Waals surface area (Å²) in [6.45, 7) is 8.34. The van der Waals surface area contributed by atoms with Gasteiger partial charge in [-0.25, -0.2) is 0 Å². The van der Waals surface area contributed by atoms with Gasteiger partial charge in [-0.15, -0.1) is 0 Å². The van der Waals surface area contributed by atoms with Gasteiger partial charge in [0.05, 0.1) is 6.04 Å². The van der Waals surface area contributed by atoms with Crippen LogP contribution < -0.4 is 5.32 Å². The highest BCUT2D eigenvalue weighted by atomic mass is 16.2. The largest absolute Gasteiger partial charge is 0.341 e. The molecule has 20 heavy (non-hydrogen) atoms. The summed E-state index contributed by atoms with van der Waals surface area (Å²) < 4.78 is 0. The molecule has 1 saturated carbocycles. The quantitative estimate of drug-likeness (QED) is 0.852. The van der Waals surface area contributed by atoms with E-state index in [1.165, 1.54) is 32.1 Å². The normalized spacial score (nSPS) is 29.9. The number of hydrogen-bond acceptors (Lipinski definition) is 3. The maximum Gasteiger partial charge on any atom is 0.239 e. The molecule has 0 radical (unpaired) electrons. The Balaban J connectivity index is 1.84. The summed E-state index contributed by atoms with van der Waals surface area (Å²) >= 11 is 0. The van der Waals surface area contributed by atoms with Crippen molar-refractivity contribution in [2.75, 3.05) is 33.2 Å². The fourth-order valence-electron chi connectivity index (χ4n) is 3.64. The molecule has 2 fully saturated rings. The van der Waals surface area contributed by atoms with Gasteiger partial charge in [0.1, 0.15) is 0 Å². The number of nitrogens with zero attached hydrogens (tertiary/aromatic N) is 2. The van der Waals surface area contributed by atoms with Gasteiger partial charge in [0.2, 0.25) is 5.91 Å². The fraction of sp³-hybridized carbons (Fsp3) is 0.938. The zero-order valence-corrected chi connectivity index (χ0v) is 13.4. The number of likely N-dealkylation sites (N-methyl/N-ethyl adjacent to an activating group) is 1. The van der Waals surface area contributed by atoms with Gasteiger partial charge in [0, 0.05) is 39.3 Å². The first-order chi connectivity index (χ1) is 9.63. The lowest BCUT2D eigenvalue weighted by Crippen LogP contribution is -2.54. The summed E-state index contributed by atoms with van der Waals surface area (Å²) in [5.41, 5.74) is 0. The van der Waals surface area contributed by atoms with Crippen LogP contribution in [0.1, 0.15) is 46.0 Å². The monoisotopic (exact) mass is 281 g/mol. The molecule has 1 atom stereocenters. The molecule has 4 heteroatoms. The maximum atomic E-state index is 12.7. The Morgan fingerprint density at radius 3 is 2.40 bits per heavy atom. The molecule has 1 aliphatic heterocycles. The van der Waals surface area contributed by atoms with Gasteiger partial charge >= 0.3 is 0 Å². The fourth-order valence-corrected chi connectivity index (χ4v) is 3.64. The van der Waals surface area contributed by atoms with E-state index in [1.807, 2.05) is 11.9 Å². The minimum atomic E-state index is 0.0333. The van der Waals surface area contributed by atoms with Gasteiger partial charge in [-0.2, -0.15) is 0 Å². The van der Waals surface area contributed by atoms with Crippen LogP contribution in [0, 0.1) is 5.92 Å². The third-order valence-electron chi connectivity index (χ3n) is 5.35. The molecular weight excluding hydrogens is 250 g/mol. The molecule has 2 rings (SSSR count). The Morgan fingerprint density at radius 2 is 1.85 bits per heavy atom. The van der Waals surface area contributed by atoms with E-state index in [0.29, 0.717) is 11.9 Å². The highest BCUT2D eigenvalue weighted by Crippen LogP contribution is 2.29. The molecule has 116 valence electrons. The van der Waals surface area contributed by atoms with Crippen LogP contribution in [0.15, 0.2) is 0 Å². The number of amides is 1. The molecule has 1 heterocycles. The first-order valence-corrected chi connectivity index (χ1v) is 8.35. The summed E-state index contributed by atoms with van der Waals surface area (Å²) in [6, 6.07) is 0.502. The van der Waals surface area contributed by atoms with Crippen LogP contribution in [0.2, 0.25) is 0 Å². The number of piperazine rings is 1. The molecule has 4 nitrogen and oxygen atoms in total. The van der Waals surface area contributed by atoms with Gasteiger partial charge in [0.15, 0.2) is 0 Å². The molecule has 1 saturated heterocycles. The zero-order chi connectivity index (χ0) is 14.5. The smallest absolute Gasteiger partial charge is 0.239 e. The van der Waals surface area contributed by atoms with Gasteiger partial charge in [-0.1, -0.05) is 13.3 Å². The molecule has 0 aromatic rings. The van der Waals surface area contributed by atoms with Gasteiger partial charge < -0.3 is 10.2 Å². The maximum absolute atomic E-state index is 12.7. The van der Waals surface area contributed by atoms with E-state index in [9.17, 15) is 4.79 Å². The zero-order valence-electron chi connectivity index (χ0n) is 13.4. The molecular formula is C16H31N3O. The molecule has 0 aromatic carbocycles. The number of carbonyl (C=O) groups excluding carboxylic acids is 1. The second-order valence-corrected chi connectivity index (χ2v) is 6.49. The van der Waals surface area contributed by atoms with Crippen molar-refractivity contribution >= 4 is 5.91 Å². The summed E-state index contributed by atoms with van der Waals surface area (Å²) in [4.78, 5) is 17.0. The summed E-state index contributed by atoms with van der Waals surface area (Å²) in [7, 11) is 2.01. The summed E-state index contributed by atoms with van der Waals surface area (Å²) in [5.74, 6) is 1.20. The highest BCUT2D eigenvalue weighted by molar-refractivity contribution is 5.81. The van der Waals surface area contributed by atoms with Crippen LogP contribution in [0.5, 0.6) is 0 Å². The van der Waals surface area contributed by atoms with Crippen molar-refractivity contribution in [2.45, 2.75) is 58.0 Å². The number of rotatable bonds is 4. The average Bonchev–Trinajstić information content (AvgIpc) is 2.53. The van der Waals surface area contributed by atoms with Crippen molar-refractivity contribution in [3.63, 3.8) is 0 Å². The molecule has 1 unspecified atom stereocenters. The predicted octanol–water partition coefficient (Wildman–Crippen LogP) is 1.71. The Hall–Kier alpha value is -0.610. The minimum Gasteiger partial charge on any atom is -0.341 e. The third-order valence-corrected chi connectivity index (χ3v) is 5.35. The Labute approximate surface area is 123 Å². The van der Waals surface area contributed by atoms with Gasteiger partial charge in [-0.05, 0) is 38.5 Å². The van der Waals surface area contributed by atoms with Crippen molar-refractivity contribution < 1.29 is 4.79 Å². The molecule has 1 aliphatic carbocycles. The second kappa shape index (κ2) is 7.41. The van der Waals surface area contributed by atoms with Gasteiger partial charge in [-0.3, -0.25) is 9.69 Å². The third kappa shape index (κ3) is 3.73. The minimum absolute atomic E-state index is 0.0333. The van der Waals surface area contributed by atoms with Crippen molar-refractivity contribution in [2.24, 2.45) is 5.92 Å². The van der Waals surface area contributed by atoms with Crippen molar-refractivity contribution in [3.8, 4) is 0 Å². The summed E-state index contributed by atoms with van der Waals surface area (Å²) in [5, 5.41) is 3.35.